The van der Waals surface area contributed by atoms with Gasteiger partial charge in [-0.05, 0) is 79.1 Å². The molecule has 0 N–H and O–H groups in total. The number of methoxy groups -OCH3 is 1. The molecule has 2 unspecified atom stereocenters. The normalized spacial score (nSPS) is 14.9. The zero-order chi connectivity index (χ0) is 30.8. The number of rotatable bonds is 8. The van der Waals surface area contributed by atoms with Crippen molar-refractivity contribution in [1.29, 1.82) is 0 Å². The van der Waals surface area contributed by atoms with E-state index in [0.717, 1.165) is 30.7 Å². The Kier molecular flexibility index (Phi) is 10.6. The van der Waals surface area contributed by atoms with Gasteiger partial charge >= 0.3 is 43.3 Å². The molecule has 0 amide bonds. The van der Waals surface area contributed by atoms with Crippen LogP contribution in [0.3, 0.4) is 0 Å². The molecule has 0 aliphatic carbocycles. The van der Waals surface area contributed by atoms with Gasteiger partial charge in [0.05, 0.1) is 24.5 Å². The summed E-state index contributed by atoms with van der Waals surface area (Å²) >= 11 is 2.97. The van der Waals surface area contributed by atoms with Gasteiger partial charge in [-0.3, -0.25) is 4.79 Å². The van der Waals surface area contributed by atoms with E-state index >= 15 is 0 Å². The number of phosphoric acid groups is 1. The Bertz CT molecular complexity index is 1870. The maximum absolute atomic E-state index is 13.7. The Morgan fingerprint density at radius 3 is 2.22 bits per heavy atom. The van der Waals surface area contributed by atoms with Crippen molar-refractivity contribution in [2.45, 2.75) is 39.3 Å². The fourth-order valence-electron chi connectivity index (χ4n) is 4.95. The maximum Gasteiger partial charge on any atom is 1.00 e. The van der Waals surface area contributed by atoms with Gasteiger partial charge < -0.3 is 23.4 Å². The SMILES string of the molecule is CCOC(=O)C(C)c1ccc2c(c1)C=C(OP(=O)([O-])OC1=Cc3ccccc3Sc3c(OC)cccc31)c1ccccc1S2.[Na+]. The second-order valence-corrected chi connectivity index (χ2v) is 13.4. The van der Waals surface area contributed by atoms with Crippen LogP contribution < -0.4 is 39.2 Å². The summed E-state index contributed by atoms with van der Waals surface area (Å²) in [6.07, 6.45) is 3.37. The van der Waals surface area contributed by atoms with Gasteiger partial charge in [0.25, 0.3) is 0 Å². The first-order valence-electron chi connectivity index (χ1n) is 13.9. The van der Waals surface area contributed by atoms with Crippen LogP contribution >= 0.6 is 31.3 Å². The smallest absolute Gasteiger partial charge is 0.736 e. The van der Waals surface area contributed by atoms with E-state index in [1.54, 1.807) is 51.3 Å². The molecule has 0 spiro atoms. The van der Waals surface area contributed by atoms with Crippen LogP contribution in [0.5, 0.6) is 5.75 Å². The number of esters is 1. The number of fused-ring (bicyclic) bond motifs is 4. The van der Waals surface area contributed by atoms with Crippen LogP contribution in [0, 0.1) is 0 Å². The molecule has 4 aromatic carbocycles. The standard InChI is InChI=1S/C34H29O7PS2.Na/c1-4-39-34(35)21(2)22-16-17-31-24(18-22)20-28(25-11-6-8-15-32(25)43-31)40-42(36,37)41-29-19-23-10-5-7-14-30(23)44-33-26(29)12-9-13-27(33)38-3;/h5-21H,4H2,1-3H3,(H,36,37);/q;+1/p-1. The van der Waals surface area contributed by atoms with E-state index in [9.17, 15) is 14.3 Å². The molecule has 2 heterocycles. The van der Waals surface area contributed by atoms with Gasteiger partial charge in [0.15, 0.2) is 0 Å². The zero-order valence-corrected chi connectivity index (χ0v) is 29.7. The number of hydrogen-bond donors (Lipinski definition) is 0. The van der Waals surface area contributed by atoms with Crippen LogP contribution in [0.2, 0.25) is 0 Å². The van der Waals surface area contributed by atoms with Gasteiger partial charge in [0, 0.05) is 25.8 Å². The van der Waals surface area contributed by atoms with E-state index in [1.165, 1.54) is 23.5 Å². The van der Waals surface area contributed by atoms with Gasteiger partial charge in [-0.15, -0.1) is 0 Å². The largest absolute Gasteiger partial charge is 1.00 e. The summed E-state index contributed by atoms with van der Waals surface area (Å²) in [5.41, 5.74) is 3.43. The number of ether oxygens (including phenoxy) is 2. The van der Waals surface area contributed by atoms with E-state index in [0.29, 0.717) is 22.4 Å². The van der Waals surface area contributed by atoms with Gasteiger partial charge in [0.1, 0.15) is 17.3 Å². The first-order chi connectivity index (χ1) is 21.3. The van der Waals surface area contributed by atoms with E-state index < -0.39 is 13.7 Å². The zero-order valence-electron chi connectivity index (χ0n) is 25.1. The van der Waals surface area contributed by atoms with Crippen molar-refractivity contribution in [3.8, 4) is 5.75 Å². The minimum absolute atomic E-state index is 0. The number of phosphoric ester groups is 1. The van der Waals surface area contributed by atoms with Crippen molar-refractivity contribution >= 4 is 61.0 Å². The summed E-state index contributed by atoms with van der Waals surface area (Å²) < 4.78 is 36.1. The fraction of sp³-hybridized carbons (Fsp3) is 0.147. The molecule has 2 atom stereocenters. The molecular formula is C34H28NaO7PS2. The molecule has 45 heavy (non-hydrogen) atoms. The van der Waals surface area contributed by atoms with Gasteiger partial charge in [-0.1, -0.05) is 72.1 Å². The Morgan fingerprint density at radius 1 is 0.822 bits per heavy atom. The molecule has 0 aromatic heterocycles. The third-order valence-electron chi connectivity index (χ3n) is 7.14. The quantitative estimate of drug-likeness (QED) is 0.138. The summed E-state index contributed by atoms with van der Waals surface area (Å²) in [7, 11) is -3.43. The molecule has 0 radical (unpaired) electrons. The average molecular weight is 667 g/mol. The predicted octanol–water partition coefficient (Wildman–Crippen LogP) is 5.49. The van der Waals surface area contributed by atoms with Crippen LogP contribution in [0.4, 0.5) is 0 Å². The molecule has 0 fully saturated rings. The molecule has 7 nitrogen and oxygen atoms in total. The monoisotopic (exact) mass is 666 g/mol. The number of hydrogen-bond acceptors (Lipinski definition) is 9. The Labute approximate surface area is 292 Å². The molecular weight excluding hydrogens is 638 g/mol. The van der Waals surface area contributed by atoms with Crippen LogP contribution in [-0.2, 0) is 23.1 Å². The first kappa shape index (κ1) is 33.5. The van der Waals surface area contributed by atoms with Crippen LogP contribution in [-0.4, -0.2) is 19.7 Å². The summed E-state index contributed by atoms with van der Waals surface area (Å²) in [4.78, 5) is 29.5. The molecule has 224 valence electrons. The van der Waals surface area contributed by atoms with Crippen molar-refractivity contribution in [1.82, 2.24) is 0 Å². The van der Waals surface area contributed by atoms with Crippen molar-refractivity contribution in [3.05, 3.63) is 113 Å². The minimum atomic E-state index is -5.00. The van der Waals surface area contributed by atoms with Crippen molar-refractivity contribution in [2.24, 2.45) is 0 Å². The second-order valence-electron chi connectivity index (χ2n) is 9.99. The summed E-state index contributed by atoms with van der Waals surface area (Å²) in [6.45, 7) is 3.83. The van der Waals surface area contributed by atoms with Crippen molar-refractivity contribution in [2.75, 3.05) is 13.7 Å². The van der Waals surface area contributed by atoms with Crippen LogP contribution in [0.25, 0.3) is 23.7 Å². The third-order valence-corrected chi connectivity index (χ3v) is 10.4. The average Bonchev–Trinajstić information content (AvgIpc) is 3.27. The van der Waals surface area contributed by atoms with Crippen molar-refractivity contribution in [3.63, 3.8) is 0 Å². The van der Waals surface area contributed by atoms with E-state index in [2.05, 4.69) is 0 Å². The number of carbonyl (C=O) groups is 1. The third kappa shape index (κ3) is 7.26. The number of carbonyl (C=O) groups excluding carboxylic acids is 1. The maximum atomic E-state index is 13.7. The molecule has 0 saturated heterocycles. The first-order valence-corrected chi connectivity index (χ1v) is 17.0. The molecule has 2 aliphatic rings. The topological polar surface area (TPSA) is 94.1 Å². The van der Waals surface area contributed by atoms with Gasteiger partial charge in [-0.2, -0.15) is 0 Å². The number of benzene rings is 4. The summed E-state index contributed by atoms with van der Waals surface area (Å²) in [5, 5.41) is 0. The molecule has 11 heteroatoms. The molecule has 0 saturated carbocycles. The van der Waals surface area contributed by atoms with Crippen molar-refractivity contribution < 1.29 is 62.3 Å². The summed E-state index contributed by atoms with van der Waals surface area (Å²) in [5.74, 6) is 0.00607. The second kappa shape index (κ2) is 14.3. The predicted molar refractivity (Wildman–Crippen MR) is 171 cm³/mol. The summed E-state index contributed by atoms with van der Waals surface area (Å²) in [6, 6.07) is 26.2. The minimum Gasteiger partial charge on any atom is -0.736 e. The molecule has 6 rings (SSSR count). The van der Waals surface area contributed by atoms with E-state index in [4.69, 9.17) is 18.5 Å². The van der Waals surface area contributed by atoms with Gasteiger partial charge in [0.2, 0.25) is 0 Å². The Hall–Kier alpha value is -2.88. The molecule has 2 aliphatic heterocycles. The van der Waals surface area contributed by atoms with Gasteiger partial charge in [-0.25, -0.2) is 4.57 Å². The fourth-order valence-corrected chi connectivity index (χ4v) is 7.95. The van der Waals surface area contributed by atoms with Crippen LogP contribution in [0.15, 0.2) is 105 Å². The molecule has 4 aromatic rings. The van der Waals surface area contributed by atoms with E-state index in [-0.39, 0.29) is 53.7 Å². The van der Waals surface area contributed by atoms with E-state index in [1.807, 2.05) is 66.7 Å². The molecule has 0 bridgehead atoms. The Balaban J connectivity index is 0.00000400. The Morgan fingerprint density at radius 2 is 1.47 bits per heavy atom. The van der Waals surface area contributed by atoms with Crippen LogP contribution in [0.1, 0.15) is 47.6 Å².